The number of rotatable bonds is 4. The number of amides is 1. The molecule has 0 bridgehead atoms. The van der Waals surface area contributed by atoms with Gasteiger partial charge in [-0.3, -0.25) is 4.79 Å². The van der Waals surface area contributed by atoms with Crippen LogP contribution >= 0.6 is 34.5 Å². The van der Waals surface area contributed by atoms with Gasteiger partial charge in [0.25, 0.3) is 5.91 Å². The van der Waals surface area contributed by atoms with Crippen LogP contribution in [0.3, 0.4) is 0 Å². The Morgan fingerprint density at radius 1 is 1.43 bits per heavy atom. The van der Waals surface area contributed by atoms with Gasteiger partial charge in [-0.1, -0.05) is 48.4 Å². The van der Waals surface area contributed by atoms with E-state index in [1.54, 1.807) is 13.2 Å². The van der Waals surface area contributed by atoms with Crippen molar-refractivity contribution in [3.8, 4) is 0 Å². The number of benzene rings is 1. The maximum atomic E-state index is 11.9. The van der Waals surface area contributed by atoms with Gasteiger partial charge in [0.2, 0.25) is 0 Å². The van der Waals surface area contributed by atoms with E-state index >= 15 is 0 Å². The fourth-order valence-electron chi connectivity index (χ4n) is 1.80. The Labute approximate surface area is 137 Å². The summed E-state index contributed by atoms with van der Waals surface area (Å²) < 4.78 is 7.95. The van der Waals surface area contributed by atoms with Crippen LogP contribution in [0.2, 0.25) is 10.0 Å². The summed E-state index contributed by atoms with van der Waals surface area (Å²) in [4.78, 5) is 16.7. The number of hydrogen-bond donors (Lipinski definition) is 0. The van der Waals surface area contributed by atoms with Crippen molar-refractivity contribution in [2.75, 3.05) is 13.7 Å². The second-order valence-corrected chi connectivity index (χ2v) is 6.64. The highest BCUT2D eigenvalue weighted by atomic mass is 35.5. The molecule has 2 rings (SSSR count). The quantitative estimate of drug-likeness (QED) is 0.846. The lowest BCUT2D eigenvalue weighted by atomic mass is 10.2. The summed E-state index contributed by atoms with van der Waals surface area (Å²) >= 11 is 13.8. The number of halogens is 2. The summed E-state index contributed by atoms with van der Waals surface area (Å²) in [6.07, 6.45) is 0. The van der Waals surface area contributed by atoms with E-state index in [2.05, 4.69) is 4.99 Å². The molecule has 2 aromatic rings. The summed E-state index contributed by atoms with van der Waals surface area (Å²) in [5, 5.41) is 0.954. The van der Waals surface area contributed by atoms with Gasteiger partial charge in [-0.2, -0.15) is 4.99 Å². The van der Waals surface area contributed by atoms with E-state index in [9.17, 15) is 4.79 Å². The highest BCUT2D eigenvalue weighted by Crippen LogP contribution is 2.32. The molecule has 0 fully saturated rings. The second kappa shape index (κ2) is 6.92. The zero-order valence-electron chi connectivity index (χ0n) is 12.0. The average molecular weight is 347 g/mol. The molecule has 7 heteroatoms. The van der Waals surface area contributed by atoms with Crippen molar-refractivity contribution in [2.45, 2.75) is 20.4 Å². The molecule has 0 saturated heterocycles. The molecule has 0 aliphatic carbocycles. The Bertz CT molecular complexity index is 734. The van der Waals surface area contributed by atoms with Gasteiger partial charge in [-0.05, 0) is 12.1 Å². The lowest BCUT2D eigenvalue weighted by Crippen LogP contribution is -2.20. The van der Waals surface area contributed by atoms with Gasteiger partial charge < -0.3 is 9.30 Å². The van der Waals surface area contributed by atoms with Crippen LogP contribution in [0.4, 0.5) is 0 Å². The molecule has 114 valence electrons. The van der Waals surface area contributed by atoms with Crippen molar-refractivity contribution in [3.63, 3.8) is 0 Å². The van der Waals surface area contributed by atoms with E-state index in [1.807, 2.05) is 24.5 Å². The number of nitrogens with zero attached hydrogens (tertiary/aromatic N) is 2. The number of methoxy groups -OCH3 is 1. The van der Waals surface area contributed by atoms with E-state index in [4.69, 9.17) is 27.9 Å². The van der Waals surface area contributed by atoms with Crippen LogP contribution in [0, 0.1) is 5.92 Å². The van der Waals surface area contributed by atoms with E-state index in [0.29, 0.717) is 28.0 Å². The second-order valence-electron chi connectivity index (χ2n) is 4.84. The van der Waals surface area contributed by atoms with Crippen molar-refractivity contribution < 1.29 is 9.53 Å². The fourth-order valence-corrected chi connectivity index (χ4v) is 3.35. The maximum Gasteiger partial charge on any atom is 0.250 e. The zero-order valence-corrected chi connectivity index (χ0v) is 14.3. The van der Waals surface area contributed by atoms with Gasteiger partial charge >= 0.3 is 0 Å². The summed E-state index contributed by atoms with van der Waals surface area (Å²) in [7, 11) is 1.62. The largest absolute Gasteiger partial charge is 0.383 e. The van der Waals surface area contributed by atoms with E-state index in [-0.39, 0.29) is 11.8 Å². The van der Waals surface area contributed by atoms with Crippen LogP contribution in [0.5, 0.6) is 0 Å². The van der Waals surface area contributed by atoms with E-state index in [0.717, 1.165) is 10.2 Å². The summed E-state index contributed by atoms with van der Waals surface area (Å²) in [5.74, 6) is -0.305. The molecule has 1 amide bonds. The van der Waals surface area contributed by atoms with Crippen molar-refractivity contribution in [3.05, 3.63) is 27.0 Å². The lowest BCUT2D eigenvalue weighted by molar-refractivity contribution is -0.120. The van der Waals surface area contributed by atoms with E-state index < -0.39 is 0 Å². The number of aromatic nitrogens is 1. The first-order valence-electron chi connectivity index (χ1n) is 6.50. The Kier molecular flexibility index (Phi) is 5.43. The molecule has 1 heterocycles. The van der Waals surface area contributed by atoms with E-state index in [1.165, 1.54) is 11.3 Å². The van der Waals surface area contributed by atoms with Gasteiger partial charge in [0, 0.05) is 19.6 Å². The molecule has 21 heavy (non-hydrogen) atoms. The molecule has 0 N–H and O–H groups in total. The molecule has 0 aliphatic rings. The molecule has 1 aromatic carbocycles. The summed E-state index contributed by atoms with van der Waals surface area (Å²) in [6.45, 7) is 4.70. The van der Waals surface area contributed by atoms with Crippen LogP contribution in [-0.4, -0.2) is 24.2 Å². The molecule has 1 aromatic heterocycles. The standard InChI is InChI=1S/C14H16Cl2N2O2S/c1-8(2)13(19)17-14-18(6-7-20-3)12-10(21-14)5-4-9(15)11(12)16/h4-5,8H,6-7H2,1-3H3. The molecule has 4 nitrogen and oxygen atoms in total. The maximum absolute atomic E-state index is 11.9. The Balaban J connectivity index is 2.70. The van der Waals surface area contributed by atoms with Crippen molar-refractivity contribution in [1.29, 1.82) is 0 Å². The third-order valence-corrected chi connectivity index (χ3v) is 4.79. The molecule has 0 radical (unpaired) electrons. The predicted molar refractivity (Wildman–Crippen MR) is 87.1 cm³/mol. The van der Waals surface area contributed by atoms with Crippen LogP contribution in [0.25, 0.3) is 10.2 Å². The summed E-state index contributed by atoms with van der Waals surface area (Å²) in [5.41, 5.74) is 0.793. The molecular formula is C14H16Cl2N2O2S. The highest BCUT2D eigenvalue weighted by molar-refractivity contribution is 7.16. The highest BCUT2D eigenvalue weighted by Gasteiger charge is 2.14. The third-order valence-electron chi connectivity index (χ3n) is 2.95. The normalized spacial score (nSPS) is 12.6. The average Bonchev–Trinajstić information content (AvgIpc) is 2.78. The predicted octanol–water partition coefficient (Wildman–Crippen LogP) is 3.74. The molecule has 0 unspecified atom stereocenters. The minimum Gasteiger partial charge on any atom is -0.383 e. The zero-order chi connectivity index (χ0) is 15.6. The number of carbonyl (C=O) groups is 1. The first-order chi connectivity index (χ1) is 9.95. The lowest BCUT2D eigenvalue weighted by Gasteiger charge is -2.06. The van der Waals surface area contributed by atoms with Gasteiger partial charge in [0.05, 0.1) is 26.9 Å². The molecule has 0 spiro atoms. The number of hydrogen-bond acceptors (Lipinski definition) is 3. The fraction of sp³-hybridized carbons (Fsp3) is 0.429. The smallest absolute Gasteiger partial charge is 0.250 e. The number of fused-ring (bicyclic) bond motifs is 1. The van der Waals surface area contributed by atoms with Crippen molar-refractivity contribution in [1.82, 2.24) is 4.57 Å². The number of thiazole rings is 1. The van der Waals surface area contributed by atoms with Gasteiger partial charge in [-0.25, -0.2) is 0 Å². The minimum absolute atomic E-state index is 0.148. The van der Waals surface area contributed by atoms with Gasteiger partial charge in [0.15, 0.2) is 4.80 Å². The first-order valence-corrected chi connectivity index (χ1v) is 8.07. The Hall–Kier alpha value is -0.880. The third kappa shape index (κ3) is 3.48. The SMILES string of the molecule is COCCn1c(=NC(=O)C(C)C)sc2ccc(Cl)c(Cl)c21. The molecule has 0 aliphatic heterocycles. The van der Waals surface area contributed by atoms with Crippen LogP contribution in [-0.2, 0) is 16.1 Å². The van der Waals surface area contributed by atoms with Gasteiger partial charge in [0.1, 0.15) is 0 Å². The van der Waals surface area contributed by atoms with Crippen LogP contribution in [0.1, 0.15) is 13.8 Å². The molecule has 0 atom stereocenters. The molecule has 0 saturated carbocycles. The minimum atomic E-state index is -0.157. The van der Waals surface area contributed by atoms with Gasteiger partial charge in [-0.15, -0.1) is 0 Å². The van der Waals surface area contributed by atoms with Crippen LogP contribution < -0.4 is 4.80 Å². The van der Waals surface area contributed by atoms with Crippen LogP contribution in [0.15, 0.2) is 17.1 Å². The monoisotopic (exact) mass is 346 g/mol. The Morgan fingerprint density at radius 2 is 2.14 bits per heavy atom. The number of carbonyl (C=O) groups excluding carboxylic acids is 1. The first kappa shape index (κ1) is 16.5. The summed E-state index contributed by atoms with van der Waals surface area (Å²) in [6, 6.07) is 3.63. The van der Waals surface area contributed by atoms with Crippen molar-refractivity contribution >= 4 is 50.7 Å². The molecular weight excluding hydrogens is 331 g/mol. The Morgan fingerprint density at radius 3 is 2.76 bits per heavy atom. The topological polar surface area (TPSA) is 43.6 Å². The van der Waals surface area contributed by atoms with Crippen molar-refractivity contribution in [2.24, 2.45) is 10.9 Å². The number of ether oxygens (including phenoxy) is 1.